The lowest BCUT2D eigenvalue weighted by molar-refractivity contribution is -0.117. The third kappa shape index (κ3) is 1.91. The fourth-order valence-electron chi connectivity index (χ4n) is 1.97. The molecule has 0 fully saturated rings. The molecular weight excluding hydrogens is 193 g/mol. The van der Waals surface area contributed by atoms with Crippen molar-refractivity contribution in [2.75, 3.05) is 0 Å². The lowest BCUT2D eigenvalue weighted by Gasteiger charge is -2.12. The molecule has 0 spiro atoms. The Morgan fingerprint density at radius 2 is 2.40 bits per heavy atom. The van der Waals surface area contributed by atoms with Gasteiger partial charge in [0.25, 0.3) is 0 Å². The molecule has 0 bridgehead atoms. The van der Waals surface area contributed by atoms with Gasteiger partial charge in [0.15, 0.2) is 0 Å². The highest BCUT2D eigenvalue weighted by Crippen LogP contribution is 2.31. The zero-order valence-corrected chi connectivity index (χ0v) is 8.29. The Kier molecular flexibility index (Phi) is 2.54. The minimum Gasteiger partial charge on any atom is -0.346 e. The minimum absolute atomic E-state index is 0.00565. The molecule has 0 radical (unpaired) electrons. The molecule has 78 valence electrons. The summed E-state index contributed by atoms with van der Waals surface area (Å²) >= 11 is 0. The van der Waals surface area contributed by atoms with Gasteiger partial charge >= 0.3 is 0 Å². The molecule has 0 saturated heterocycles. The van der Waals surface area contributed by atoms with E-state index in [4.69, 9.17) is 0 Å². The summed E-state index contributed by atoms with van der Waals surface area (Å²) in [4.78, 5) is 11.1. The van der Waals surface area contributed by atoms with Crippen molar-refractivity contribution in [3.05, 3.63) is 47.8 Å². The van der Waals surface area contributed by atoms with E-state index in [0.29, 0.717) is 0 Å². The van der Waals surface area contributed by atoms with Crippen LogP contribution >= 0.6 is 0 Å². The number of carbonyl (C=O) groups is 1. The molecule has 0 saturated carbocycles. The van der Waals surface area contributed by atoms with Crippen LogP contribution in [0.5, 0.6) is 0 Å². The largest absolute Gasteiger partial charge is 0.346 e. The number of benzene rings is 1. The third-order valence-electron chi connectivity index (χ3n) is 2.68. The maximum atomic E-state index is 12.9. The molecule has 0 aromatic heterocycles. The maximum absolute atomic E-state index is 12.9. The Bertz CT molecular complexity index is 414. The average molecular weight is 205 g/mol. The highest BCUT2D eigenvalue weighted by molar-refractivity contribution is 5.87. The fraction of sp³-hybridized carbons (Fsp3) is 0.250. The van der Waals surface area contributed by atoms with Crippen LogP contribution in [0, 0.1) is 5.82 Å². The number of amides is 1. The van der Waals surface area contributed by atoms with Crippen LogP contribution in [0.1, 0.15) is 23.6 Å². The predicted octanol–water partition coefficient (Wildman–Crippen LogP) is 2.12. The van der Waals surface area contributed by atoms with Gasteiger partial charge in [-0.3, -0.25) is 4.79 Å². The van der Waals surface area contributed by atoms with E-state index in [2.05, 4.69) is 11.9 Å². The standard InChI is InChI=1S/C12H12FNO/c1-2-12(15)14-11-6-3-8-7-9(13)4-5-10(8)11/h2,4-5,7,11H,1,3,6H2,(H,14,15)/t11-/m0/s1. The first-order valence-corrected chi connectivity index (χ1v) is 4.92. The quantitative estimate of drug-likeness (QED) is 0.736. The first-order valence-electron chi connectivity index (χ1n) is 4.92. The number of rotatable bonds is 2. The maximum Gasteiger partial charge on any atom is 0.243 e. The normalized spacial score (nSPS) is 18.3. The molecule has 0 aliphatic heterocycles. The van der Waals surface area contributed by atoms with Crippen LogP contribution in [0.4, 0.5) is 4.39 Å². The van der Waals surface area contributed by atoms with Gasteiger partial charge in [0.05, 0.1) is 6.04 Å². The van der Waals surface area contributed by atoms with Crippen molar-refractivity contribution in [1.82, 2.24) is 5.32 Å². The molecule has 1 aliphatic carbocycles. The van der Waals surface area contributed by atoms with Crippen LogP contribution in [-0.2, 0) is 11.2 Å². The van der Waals surface area contributed by atoms with E-state index in [9.17, 15) is 9.18 Å². The second kappa shape index (κ2) is 3.85. The van der Waals surface area contributed by atoms with Crippen molar-refractivity contribution in [1.29, 1.82) is 0 Å². The Hall–Kier alpha value is -1.64. The van der Waals surface area contributed by atoms with E-state index < -0.39 is 0 Å². The summed E-state index contributed by atoms with van der Waals surface area (Å²) in [5, 5.41) is 2.82. The van der Waals surface area contributed by atoms with Gasteiger partial charge in [0.2, 0.25) is 5.91 Å². The topological polar surface area (TPSA) is 29.1 Å². The summed E-state index contributed by atoms with van der Waals surface area (Å²) in [6, 6.07) is 4.71. The summed E-state index contributed by atoms with van der Waals surface area (Å²) in [7, 11) is 0. The number of nitrogens with one attached hydrogen (secondary N) is 1. The van der Waals surface area contributed by atoms with Gasteiger partial charge < -0.3 is 5.32 Å². The fourth-order valence-corrected chi connectivity index (χ4v) is 1.97. The highest BCUT2D eigenvalue weighted by Gasteiger charge is 2.23. The van der Waals surface area contributed by atoms with Crippen LogP contribution in [0.25, 0.3) is 0 Å². The first-order chi connectivity index (χ1) is 7.20. The monoisotopic (exact) mass is 205 g/mol. The Morgan fingerprint density at radius 3 is 3.13 bits per heavy atom. The lowest BCUT2D eigenvalue weighted by atomic mass is 10.1. The Morgan fingerprint density at radius 1 is 1.60 bits per heavy atom. The van der Waals surface area contributed by atoms with Crippen LogP contribution in [0.3, 0.4) is 0 Å². The van der Waals surface area contributed by atoms with Crippen LogP contribution in [0.15, 0.2) is 30.9 Å². The molecule has 1 aromatic rings. The summed E-state index contributed by atoms with van der Waals surface area (Å²) in [5.74, 6) is -0.401. The van der Waals surface area contributed by atoms with Gasteiger partial charge in [-0.15, -0.1) is 0 Å². The molecule has 1 amide bonds. The molecule has 1 atom stereocenters. The summed E-state index contributed by atoms with van der Waals surface area (Å²) in [5.41, 5.74) is 2.01. The van der Waals surface area contributed by atoms with Gasteiger partial charge in [-0.05, 0) is 42.2 Å². The van der Waals surface area contributed by atoms with Gasteiger partial charge in [-0.25, -0.2) is 4.39 Å². The second-order valence-electron chi connectivity index (χ2n) is 3.65. The molecule has 0 unspecified atom stereocenters. The van der Waals surface area contributed by atoms with Gasteiger partial charge in [0.1, 0.15) is 5.82 Å². The zero-order chi connectivity index (χ0) is 10.8. The van der Waals surface area contributed by atoms with Crippen molar-refractivity contribution >= 4 is 5.91 Å². The molecule has 1 aliphatic rings. The van der Waals surface area contributed by atoms with Gasteiger partial charge in [-0.1, -0.05) is 12.6 Å². The van der Waals surface area contributed by atoms with E-state index in [1.807, 2.05) is 0 Å². The molecule has 2 nitrogen and oxygen atoms in total. The van der Waals surface area contributed by atoms with Crippen molar-refractivity contribution in [2.45, 2.75) is 18.9 Å². The third-order valence-corrected chi connectivity index (χ3v) is 2.68. The SMILES string of the molecule is C=CC(=O)N[C@H]1CCc2cc(F)ccc21. The number of hydrogen-bond acceptors (Lipinski definition) is 1. The first kappa shape index (κ1) is 9.90. The number of hydrogen-bond donors (Lipinski definition) is 1. The van der Waals surface area contributed by atoms with E-state index in [0.717, 1.165) is 24.0 Å². The van der Waals surface area contributed by atoms with Crippen LogP contribution in [-0.4, -0.2) is 5.91 Å². The molecular formula is C12H12FNO. The van der Waals surface area contributed by atoms with Crippen LogP contribution < -0.4 is 5.32 Å². The number of carbonyl (C=O) groups excluding carboxylic acids is 1. The van der Waals surface area contributed by atoms with Gasteiger partial charge in [-0.2, -0.15) is 0 Å². The van der Waals surface area contributed by atoms with Gasteiger partial charge in [0, 0.05) is 0 Å². The number of halogens is 1. The molecule has 0 heterocycles. The molecule has 1 N–H and O–H groups in total. The summed E-state index contributed by atoms with van der Waals surface area (Å²) in [6.45, 7) is 3.40. The highest BCUT2D eigenvalue weighted by atomic mass is 19.1. The second-order valence-corrected chi connectivity index (χ2v) is 3.65. The Balaban J connectivity index is 2.21. The van der Waals surface area contributed by atoms with E-state index in [-0.39, 0.29) is 17.8 Å². The number of aryl methyl sites for hydroxylation is 1. The summed E-state index contributed by atoms with van der Waals surface area (Å²) in [6.07, 6.45) is 2.90. The van der Waals surface area contributed by atoms with Crippen molar-refractivity contribution in [2.24, 2.45) is 0 Å². The average Bonchev–Trinajstić information content (AvgIpc) is 2.60. The molecule has 2 rings (SSSR count). The van der Waals surface area contributed by atoms with E-state index >= 15 is 0 Å². The smallest absolute Gasteiger partial charge is 0.243 e. The lowest BCUT2D eigenvalue weighted by Crippen LogP contribution is -2.24. The molecule has 1 aromatic carbocycles. The van der Waals surface area contributed by atoms with Crippen molar-refractivity contribution < 1.29 is 9.18 Å². The predicted molar refractivity (Wildman–Crippen MR) is 55.8 cm³/mol. The summed E-state index contributed by atoms with van der Waals surface area (Å²) < 4.78 is 12.9. The van der Waals surface area contributed by atoms with E-state index in [1.165, 1.54) is 18.2 Å². The Labute approximate surface area is 87.8 Å². The molecule has 15 heavy (non-hydrogen) atoms. The number of fused-ring (bicyclic) bond motifs is 1. The van der Waals surface area contributed by atoms with Crippen molar-refractivity contribution in [3.8, 4) is 0 Å². The van der Waals surface area contributed by atoms with Crippen LogP contribution in [0.2, 0.25) is 0 Å². The van der Waals surface area contributed by atoms with E-state index in [1.54, 1.807) is 6.07 Å². The minimum atomic E-state index is -0.218. The zero-order valence-electron chi connectivity index (χ0n) is 8.29. The van der Waals surface area contributed by atoms with Crippen molar-refractivity contribution in [3.63, 3.8) is 0 Å². The molecule has 3 heteroatoms.